The minimum atomic E-state index is 0.147. The first kappa shape index (κ1) is 9.26. The van der Waals surface area contributed by atoms with Crippen molar-refractivity contribution in [2.45, 2.75) is 33.8 Å². The Balaban J connectivity index is 2.85. The van der Waals surface area contributed by atoms with Gasteiger partial charge in [0.1, 0.15) is 0 Å². The Morgan fingerprint density at radius 3 is 2.58 bits per heavy atom. The zero-order valence-electron chi connectivity index (χ0n) is 8.14. The summed E-state index contributed by atoms with van der Waals surface area (Å²) < 4.78 is 5.49. The fourth-order valence-corrected chi connectivity index (χ4v) is 1.49. The van der Waals surface area contributed by atoms with Gasteiger partial charge in [-0.25, -0.2) is 0 Å². The van der Waals surface area contributed by atoms with E-state index in [1.165, 1.54) is 5.56 Å². The van der Waals surface area contributed by atoms with Crippen LogP contribution in [0.4, 0.5) is 0 Å². The maximum absolute atomic E-state index is 5.49. The second kappa shape index (κ2) is 3.72. The molecule has 0 fully saturated rings. The number of nitrogens with zero attached hydrogens (tertiary/aromatic N) is 1. The molecule has 0 aliphatic heterocycles. The summed E-state index contributed by atoms with van der Waals surface area (Å²) in [6.07, 6.45) is 0.147. The number of aryl methyl sites for hydroxylation is 2. The summed E-state index contributed by atoms with van der Waals surface area (Å²) in [4.78, 5) is 0. The van der Waals surface area contributed by atoms with Crippen molar-refractivity contribution in [1.29, 1.82) is 0 Å². The monoisotopic (exact) mass is 168 g/mol. The molecule has 1 rings (SSSR count). The summed E-state index contributed by atoms with van der Waals surface area (Å²) in [6, 6.07) is 0. The lowest BCUT2D eigenvalue weighted by atomic mass is 10.1. The van der Waals surface area contributed by atoms with Crippen molar-refractivity contribution in [3.8, 4) is 0 Å². The minimum Gasteiger partial charge on any atom is -0.374 e. The average molecular weight is 168 g/mol. The standard InChI is InChI=1S/C9H16N2O/c1-5-12-8(4)9-6(2)10-11-7(9)3/h8H,5H2,1-4H3,(H,10,11). The number of hydrogen-bond donors (Lipinski definition) is 1. The van der Waals surface area contributed by atoms with Gasteiger partial charge in [0.15, 0.2) is 0 Å². The second-order valence-electron chi connectivity index (χ2n) is 2.95. The lowest BCUT2D eigenvalue weighted by Gasteiger charge is -2.11. The molecule has 1 heterocycles. The van der Waals surface area contributed by atoms with Crippen LogP contribution in [0.5, 0.6) is 0 Å². The fourth-order valence-electron chi connectivity index (χ4n) is 1.49. The van der Waals surface area contributed by atoms with Crippen molar-refractivity contribution in [2.75, 3.05) is 6.61 Å². The van der Waals surface area contributed by atoms with Gasteiger partial charge in [-0.15, -0.1) is 0 Å². The largest absolute Gasteiger partial charge is 0.374 e. The van der Waals surface area contributed by atoms with E-state index in [1.54, 1.807) is 0 Å². The van der Waals surface area contributed by atoms with Crippen LogP contribution >= 0.6 is 0 Å². The Morgan fingerprint density at radius 2 is 2.17 bits per heavy atom. The second-order valence-corrected chi connectivity index (χ2v) is 2.95. The summed E-state index contributed by atoms with van der Waals surface area (Å²) in [7, 11) is 0. The highest BCUT2D eigenvalue weighted by Gasteiger charge is 2.13. The molecule has 68 valence electrons. The van der Waals surface area contributed by atoms with Crippen LogP contribution < -0.4 is 0 Å². The van der Waals surface area contributed by atoms with Gasteiger partial charge in [-0.05, 0) is 27.7 Å². The average Bonchev–Trinajstić information content (AvgIpc) is 2.32. The van der Waals surface area contributed by atoms with Gasteiger partial charge in [0.05, 0.1) is 11.8 Å². The Bertz CT molecular complexity index is 236. The molecule has 12 heavy (non-hydrogen) atoms. The predicted molar refractivity (Wildman–Crippen MR) is 48.1 cm³/mol. The highest BCUT2D eigenvalue weighted by atomic mass is 16.5. The van der Waals surface area contributed by atoms with Crippen molar-refractivity contribution >= 4 is 0 Å². The van der Waals surface area contributed by atoms with Gasteiger partial charge in [0.2, 0.25) is 0 Å². The Morgan fingerprint density at radius 1 is 1.50 bits per heavy atom. The summed E-state index contributed by atoms with van der Waals surface area (Å²) in [6.45, 7) is 8.81. The van der Waals surface area contributed by atoms with Crippen LogP contribution in [0.3, 0.4) is 0 Å². The van der Waals surface area contributed by atoms with E-state index in [-0.39, 0.29) is 6.10 Å². The molecule has 0 amide bonds. The fraction of sp³-hybridized carbons (Fsp3) is 0.667. The Hall–Kier alpha value is -0.830. The normalized spacial score (nSPS) is 13.3. The number of hydrogen-bond acceptors (Lipinski definition) is 2. The first-order chi connectivity index (χ1) is 5.66. The molecular weight excluding hydrogens is 152 g/mol. The summed E-state index contributed by atoms with van der Waals surface area (Å²) in [5.41, 5.74) is 3.33. The van der Waals surface area contributed by atoms with E-state index in [9.17, 15) is 0 Å². The molecule has 0 aliphatic carbocycles. The third-order valence-corrected chi connectivity index (χ3v) is 2.01. The number of aromatic amines is 1. The van der Waals surface area contributed by atoms with Crippen molar-refractivity contribution in [3.63, 3.8) is 0 Å². The zero-order valence-corrected chi connectivity index (χ0v) is 8.14. The van der Waals surface area contributed by atoms with E-state index >= 15 is 0 Å². The number of H-pyrrole nitrogens is 1. The molecule has 1 unspecified atom stereocenters. The number of aromatic nitrogens is 2. The summed E-state index contributed by atoms with van der Waals surface area (Å²) in [5, 5.41) is 7.06. The van der Waals surface area contributed by atoms with Crippen LogP contribution in [-0.2, 0) is 4.74 Å². The molecule has 0 saturated carbocycles. The van der Waals surface area contributed by atoms with Crippen molar-refractivity contribution in [3.05, 3.63) is 17.0 Å². The van der Waals surface area contributed by atoms with E-state index < -0.39 is 0 Å². The molecule has 3 heteroatoms. The lowest BCUT2D eigenvalue weighted by molar-refractivity contribution is 0.0755. The molecular formula is C9H16N2O. The maximum Gasteiger partial charge on any atom is 0.0832 e. The van der Waals surface area contributed by atoms with Gasteiger partial charge in [-0.1, -0.05) is 0 Å². The summed E-state index contributed by atoms with van der Waals surface area (Å²) in [5.74, 6) is 0. The molecule has 3 nitrogen and oxygen atoms in total. The quantitative estimate of drug-likeness (QED) is 0.750. The first-order valence-electron chi connectivity index (χ1n) is 4.29. The lowest BCUT2D eigenvalue weighted by Crippen LogP contribution is -2.01. The van der Waals surface area contributed by atoms with Crippen LogP contribution in [-0.4, -0.2) is 16.8 Å². The number of ether oxygens (including phenoxy) is 1. The van der Waals surface area contributed by atoms with Crippen LogP contribution in [0.2, 0.25) is 0 Å². The molecule has 1 aromatic heterocycles. The van der Waals surface area contributed by atoms with E-state index in [4.69, 9.17) is 4.74 Å². The van der Waals surface area contributed by atoms with Crippen LogP contribution in [0.1, 0.15) is 36.9 Å². The van der Waals surface area contributed by atoms with E-state index in [2.05, 4.69) is 10.2 Å². The SMILES string of the molecule is CCOC(C)c1c(C)n[nH]c1C. The minimum absolute atomic E-state index is 0.147. The Labute approximate surface area is 73.1 Å². The molecule has 0 spiro atoms. The van der Waals surface area contributed by atoms with E-state index in [0.717, 1.165) is 18.0 Å². The van der Waals surface area contributed by atoms with Gasteiger partial charge >= 0.3 is 0 Å². The topological polar surface area (TPSA) is 37.9 Å². The van der Waals surface area contributed by atoms with Crippen LogP contribution in [0, 0.1) is 13.8 Å². The molecule has 1 atom stereocenters. The van der Waals surface area contributed by atoms with E-state index in [0.29, 0.717) is 0 Å². The third kappa shape index (κ3) is 1.67. The summed E-state index contributed by atoms with van der Waals surface area (Å²) >= 11 is 0. The maximum atomic E-state index is 5.49. The number of nitrogens with one attached hydrogen (secondary N) is 1. The molecule has 0 aromatic carbocycles. The number of rotatable bonds is 3. The molecule has 0 aliphatic rings. The van der Waals surface area contributed by atoms with Gasteiger partial charge in [-0.2, -0.15) is 5.10 Å². The highest BCUT2D eigenvalue weighted by Crippen LogP contribution is 2.21. The van der Waals surface area contributed by atoms with Gasteiger partial charge in [0, 0.05) is 17.9 Å². The molecule has 1 aromatic rings. The highest BCUT2D eigenvalue weighted by molar-refractivity contribution is 5.25. The van der Waals surface area contributed by atoms with Crippen molar-refractivity contribution < 1.29 is 4.74 Å². The van der Waals surface area contributed by atoms with Gasteiger partial charge < -0.3 is 4.74 Å². The van der Waals surface area contributed by atoms with Gasteiger partial charge in [0.25, 0.3) is 0 Å². The molecule has 0 saturated heterocycles. The van der Waals surface area contributed by atoms with Gasteiger partial charge in [-0.3, -0.25) is 5.10 Å². The molecule has 1 N–H and O–H groups in total. The third-order valence-electron chi connectivity index (χ3n) is 2.01. The van der Waals surface area contributed by atoms with Crippen molar-refractivity contribution in [1.82, 2.24) is 10.2 Å². The van der Waals surface area contributed by atoms with E-state index in [1.807, 2.05) is 27.7 Å². The predicted octanol–water partition coefficient (Wildman–Crippen LogP) is 2.12. The zero-order chi connectivity index (χ0) is 9.14. The first-order valence-corrected chi connectivity index (χ1v) is 4.29. The Kier molecular flexibility index (Phi) is 2.87. The van der Waals surface area contributed by atoms with Crippen molar-refractivity contribution in [2.24, 2.45) is 0 Å². The smallest absolute Gasteiger partial charge is 0.0832 e. The molecule has 0 radical (unpaired) electrons. The molecule has 0 bridgehead atoms. The van der Waals surface area contributed by atoms with Crippen LogP contribution in [0.15, 0.2) is 0 Å². The van der Waals surface area contributed by atoms with Crippen LogP contribution in [0.25, 0.3) is 0 Å².